The minimum absolute atomic E-state index is 0.0709. The van der Waals surface area contributed by atoms with Gasteiger partial charge in [0.2, 0.25) is 4.96 Å². The summed E-state index contributed by atoms with van der Waals surface area (Å²) in [5.41, 5.74) is 3.12. The highest BCUT2D eigenvalue weighted by Gasteiger charge is 2.13. The lowest BCUT2D eigenvalue weighted by atomic mass is 10.1. The molecule has 0 saturated heterocycles. The van der Waals surface area contributed by atoms with Gasteiger partial charge in [0.05, 0.1) is 4.53 Å². The lowest BCUT2D eigenvalue weighted by Gasteiger charge is -1.96. The maximum Gasteiger partial charge on any atom is 0.276 e. The molecule has 0 aliphatic heterocycles. The summed E-state index contributed by atoms with van der Waals surface area (Å²) < 4.78 is 2.26. The van der Waals surface area contributed by atoms with Crippen LogP contribution in [0.15, 0.2) is 59.4 Å². The molecule has 0 bridgehead atoms. The van der Waals surface area contributed by atoms with Crippen molar-refractivity contribution >= 4 is 22.4 Å². The Morgan fingerprint density at radius 1 is 1.04 bits per heavy atom. The van der Waals surface area contributed by atoms with E-state index >= 15 is 0 Å². The van der Waals surface area contributed by atoms with Crippen LogP contribution in [0.25, 0.3) is 22.4 Å². The lowest BCUT2D eigenvalue weighted by molar-refractivity contribution is 1.09. The zero-order chi connectivity index (χ0) is 16.5. The molecule has 0 radical (unpaired) electrons. The highest BCUT2D eigenvalue weighted by atomic mass is 32.1. The molecule has 4 nitrogen and oxygen atoms in total. The summed E-state index contributed by atoms with van der Waals surface area (Å²) in [5, 5.41) is 8.32. The number of aryl methyl sites for hydroxylation is 1. The first-order valence-electron chi connectivity index (χ1n) is 7.80. The van der Waals surface area contributed by atoms with Gasteiger partial charge in [-0.25, -0.2) is 4.40 Å². The predicted octanol–water partition coefficient (Wildman–Crippen LogP) is 2.93. The second kappa shape index (κ2) is 6.02. The van der Waals surface area contributed by atoms with E-state index in [1.165, 1.54) is 16.9 Å². The second-order valence-corrected chi connectivity index (χ2v) is 6.53. The van der Waals surface area contributed by atoms with E-state index in [-0.39, 0.29) is 5.56 Å². The van der Waals surface area contributed by atoms with Gasteiger partial charge in [0.15, 0.2) is 5.82 Å². The second-order valence-electron chi connectivity index (χ2n) is 5.52. The van der Waals surface area contributed by atoms with Gasteiger partial charge in [-0.05, 0) is 23.6 Å². The fraction of sp³-hybridized carbons (Fsp3) is 0.105. The summed E-state index contributed by atoms with van der Waals surface area (Å²) in [5.74, 6) is 0.591. The van der Waals surface area contributed by atoms with E-state index in [9.17, 15) is 4.79 Å². The molecule has 4 rings (SSSR count). The van der Waals surface area contributed by atoms with Crippen LogP contribution in [-0.4, -0.2) is 14.6 Å². The Bertz CT molecular complexity index is 1100. The van der Waals surface area contributed by atoms with Crippen molar-refractivity contribution < 1.29 is 0 Å². The monoisotopic (exact) mass is 333 g/mol. The average molecular weight is 333 g/mol. The van der Waals surface area contributed by atoms with Crippen LogP contribution in [0.3, 0.4) is 0 Å². The van der Waals surface area contributed by atoms with Crippen molar-refractivity contribution in [2.24, 2.45) is 0 Å². The first-order chi connectivity index (χ1) is 11.8. The molecule has 0 amide bonds. The van der Waals surface area contributed by atoms with Crippen LogP contribution >= 0.6 is 11.3 Å². The van der Waals surface area contributed by atoms with Gasteiger partial charge in [-0.3, -0.25) is 4.79 Å². The van der Waals surface area contributed by atoms with Crippen LogP contribution in [0.5, 0.6) is 0 Å². The van der Waals surface area contributed by atoms with E-state index in [0.717, 1.165) is 17.5 Å². The molecule has 0 saturated carbocycles. The Labute approximate surface area is 142 Å². The number of benzene rings is 2. The van der Waals surface area contributed by atoms with E-state index < -0.39 is 0 Å². The summed E-state index contributed by atoms with van der Waals surface area (Å²) in [4.78, 5) is 13.4. The van der Waals surface area contributed by atoms with Crippen LogP contribution < -0.4 is 10.1 Å². The molecule has 0 unspecified atom stereocenters. The summed E-state index contributed by atoms with van der Waals surface area (Å²) in [7, 11) is 0. The van der Waals surface area contributed by atoms with Gasteiger partial charge in [-0.15, -0.1) is 10.2 Å². The third-order valence-electron chi connectivity index (χ3n) is 3.97. The Morgan fingerprint density at radius 2 is 1.79 bits per heavy atom. The number of nitrogens with zero attached hydrogens (tertiary/aromatic N) is 3. The molecule has 118 valence electrons. The summed E-state index contributed by atoms with van der Waals surface area (Å²) in [6, 6.07) is 17.9. The van der Waals surface area contributed by atoms with Gasteiger partial charge in [0.25, 0.3) is 5.56 Å². The first kappa shape index (κ1) is 14.8. The van der Waals surface area contributed by atoms with E-state index in [4.69, 9.17) is 0 Å². The predicted molar refractivity (Wildman–Crippen MR) is 97.2 cm³/mol. The Kier molecular flexibility index (Phi) is 3.70. The van der Waals surface area contributed by atoms with Crippen molar-refractivity contribution in [1.82, 2.24) is 14.6 Å². The molecule has 4 aromatic rings. The van der Waals surface area contributed by atoms with E-state index in [1.807, 2.05) is 48.5 Å². The van der Waals surface area contributed by atoms with Crippen molar-refractivity contribution in [2.75, 3.05) is 0 Å². The molecular weight excluding hydrogens is 318 g/mol. The standard InChI is InChI=1S/C19H15N3OS/c1-2-13-8-10-14(11-9-13)12-16-18(23)22-17(20-21-19(22)24-16)15-6-4-3-5-7-15/h3-12H,2H2,1H3/b16-12+. The van der Waals surface area contributed by atoms with E-state index in [0.29, 0.717) is 15.3 Å². The molecule has 5 heteroatoms. The number of hydrogen-bond acceptors (Lipinski definition) is 4. The molecule has 0 N–H and O–H groups in total. The van der Waals surface area contributed by atoms with Gasteiger partial charge in [0, 0.05) is 5.56 Å². The third-order valence-corrected chi connectivity index (χ3v) is 4.93. The number of aromatic nitrogens is 3. The molecule has 0 aliphatic carbocycles. The van der Waals surface area contributed by atoms with Gasteiger partial charge in [0.1, 0.15) is 0 Å². The van der Waals surface area contributed by atoms with Gasteiger partial charge < -0.3 is 0 Å². The van der Waals surface area contributed by atoms with Crippen molar-refractivity contribution in [3.63, 3.8) is 0 Å². The van der Waals surface area contributed by atoms with Crippen LogP contribution in [-0.2, 0) is 6.42 Å². The van der Waals surface area contributed by atoms with Crippen LogP contribution in [0.2, 0.25) is 0 Å². The van der Waals surface area contributed by atoms with Crippen molar-refractivity contribution in [3.8, 4) is 11.4 Å². The number of hydrogen-bond donors (Lipinski definition) is 0. The van der Waals surface area contributed by atoms with Gasteiger partial charge in [-0.2, -0.15) is 0 Å². The molecule has 0 aliphatic rings. The molecular formula is C19H15N3OS. The maximum absolute atomic E-state index is 12.8. The van der Waals surface area contributed by atoms with Crippen LogP contribution in [0, 0.1) is 0 Å². The summed E-state index contributed by atoms with van der Waals surface area (Å²) in [6.07, 6.45) is 2.92. The highest BCUT2D eigenvalue weighted by Crippen LogP contribution is 2.17. The average Bonchev–Trinajstić information content (AvgIpc) is 3.17. The van der Waals surface area contributed by atoms with Gasteiger partial charge in [-0.1, -0.05) is 72.9 Å². The van der Waals surface area contributed by atoms with Crippen molar-refractivity contribution in [3.05, 3.63) is 80.6 Å². The minimum Gasteiger partial charge on any atom is -0.267 e. The van der Waals surface area contributed by atoms with Gasteiger partial charge >= 0.3 is 0 Å². The molecule has 2 aromatic carbocycles. The molecule has 24 heavy (non-hydrogen) atoms. The lowest BCUT2D eigenvalue weighted by Crippen LogP contribution is -2.23. The quantitative estimate of drug-likeness (QED) is 0.579. The van der Waals surface area contributed by atoms with Crippen molar-refractivity contribution in [1.29, 1.82) is 0 Å². The van der Waals surface area contributed by atoms with Crippen molar-refractivity contribution in [2.45, 2.75) is 13.3 Å². The number of rotatable bonds is 3. The Morgan fingerprint density at radius 3 is 2.50 bits per heavy atom. The molecule has 0 fully saturated rings. The topological polar surface area (TPSA) is 47.3 Å². The third kappa shape index (κ3) is 2.53. The Balaban J connectivity index is 1.86. The maximum atomic E-state index is 12.8. The zero-order valence-electron chi connectivity index (χ0n) is 13.1. The summed E-state index contributed by atoms with van der Waals surface area (Å²) in [6.45, 7) is 2.13. The number of fused-ring (bicyclic) bond motifs is 1. The van der Waals surface area contributed by atoms with Crippen LogP contribution in [0.1, 0.15) is 18.1 Å². The number of thiazole rings is 1. The molecule has 0 atom stereocenters. The van der Waals surface area contributed by atoms with Crippen LogP contribution in [0.4, 0.5) is 0 Å². The summed E-state index contributed by atoms with van der Waals surface area (Å²) >= 11 is 1.37. The smallest absolute Gasteiger partial charge is 0.267 e. The fourth-order valence-electron chi connectivity index (χ4n) is 2.64. The normalized spacial score (nSPS) is 12.1. The minimum atomic E-state index is -0.0709. The fourth-order valence-corrected chi connectivity index (χ4v) is 3.55. The van der Waals surface area contributed by atoms with E-state index in [2.05, 4.69) is 29.3 Å². The molecule has 0 spiro atoms. The highest BCUT2D eigenvalue weighted by molar-refractivity contribution is 7.15. The van der Waals surface area contributed by atoms with E-state index in [1.54, 1.807) is 4.40 Å². The SMILES string of the molecule is CCc1ccc(/C=c2/sc3nnc(-c4ccccc4)n3c2=O)cc1. The largest absolute Gasteiger partial charge is 0.276 e. The molecule has 2 heterocycles. The zero-order valence-corrected chi connectivity index (χ0v) is 14.0. The molecule has 2 aromatic heterocycles. The first-order valence-corrected chi connectivity index (χ1v) is 8.62. The Hall–Kier alpha value is -2.79.